The van der Waals surface area contributed by atoms with Gasteiger partial charge in [0.2, 0.25) is 5.62 Å². The van der Waals surface area contributed by atoms with E-state index in [9.17, 15) is 5.11 Å². The van der Waals surface area contributed by atoms with Crippen LogP contribution in [0.4, 0.5) is 0 Å². The molecule has 0 radical (unpaired) electrons. The average Bonchev–Trinajstić information content (AvgIpc) is 3.39. The van der Waals surface area contributed by atoms with Crippen molar-refractivity contribution in [3.05, 3.63) is 110 Å². The van der Waals surface area contributed by atoms with Crippen molar-refractivity contribution in [3.8, 4) is 0 Å². The summed E-state index contributed by atoms with van der Waals surface area (Å²) in [4.78, 5) is 0. The van der Waals surface area contributed by atoms with Crippen molar-refractivity contribution >= 4 is 45.8 Å². The average molecular weight is 528 g/mol. The monoisotopic (exact) mass is 526 g/mol. The molecule has 0 amide bonds. The summed E-state index contributed by atoms with van der Waals surface area (Å²) in [7, 11) is 0. The minimum Gasteiger partial charge on any atom is -0.387 e. The van der Waals surface area contributed by atoms with Crippen molar-refractivity contribution in [1.29, 1.82) is 5.41 Å². The third-order valence-electron chi connectivity index (χ3n) is 5.81. The Morgan fingerprint density at radius 1 is 0.857 bits per heavy atom. The molecule has 7 nitrogen and oxygen atoms in total. The number of nitrogens with one attached hydrogen (secondary N) is 1. The van der Waals surface area contributed by atoms with Gasteiger partial charge in [0.15, 0.2) is 0 Å². The molecule has 1 atom stereocenters. The lowest BCUT2D eigenvalue weighted by Crippen LogP contribution is -2.27. The Kier molecular flexibility index (Phi) is 6.67. The first-order chi connectivity index (χ1) is 16.9. The number of aromatic nitrogens is 5. The standard InChI is InChI=1S/C25H21Cl3N6O/c26-18-7-9-22-23(11-18)33(14-19-13-32(31-30-19)12-16-4-2-1-3-5-16)25(29)34(22)15-24(35)17-6-8-20(27)21(28)10-17/h1-11,13,24,29,35H,12,14-15H2. The van der Waals surface area contributed by atoms with Crippen LogP contribution in [0.25, 0.3) is 11.0 Å². The molecule has 0 bridgehead atoms. The van der Waals surface area contributed by atoms with E-state index >= 15 is 0 Å². The first kappa shape index (κ1) is 23.6. The summed E-state index contributed by atoms with van der Waals surface area (Å²) in [6.45, 7) is 1.10. The molecule has 1 unspecified atom stereocenters. The van der Waals surface area contributed by atoms with Gasteiger partial charge in [0, 0.05) is 5.02 Å². The molecule has 5 aromatic rings. The SMILES string of the molecule is N=c1n(Cc2cn(Cc3ccccc3)nn2)c2cc(Cl)ccc2n1CC(O)c1ccc(Cl)c(Cl)c1. The highest BCUT2D eigenvalue weighted by Gasteiger charge is 2.17. The van der Waals surface area contributed by atoms with Gasteiger partial charge in [-0.25, -0.2) is 4.68 Å². The van der Waals surface area contributed by atoms with Gasteiger partial charge < -0.3 is 14.2 Å². The maximum absolute atomic E-state index is 10.9. The van der Waals surface area contributed by atoms with E-state index < -0.39 is 6.10 Å². The molecule has 0 saturated carbocycles. The molecule has 2 heterocycles. The number of hydrogen-bond donors (Lipinski definition) is 2. The van der Waals surface area contributed by atoms with Crippen LogP contribution >= 0.6 is 34.8 Å². The number of hydrogen-bond acceptors (Lipinski definition) is 4. The van der Waals surface area contributed by atoms with E-state index in [0.717, 1.165) is 16.6 Å². The van der Waals surface area contributed by atoms with Crippen LogP contribution in [0.3, 0.4) is 0 Å². The Bertz CT molecular complexity index is 1560. The second-order valence-electron chi connectivity index (χ2n) is 8.24. The molecule has 0 aliphatic carbocycles. The van der Waals surface area contributed by atoms with Gasteiger partial charge >= 0.3 is 0 Å². The summed E-state index contributed by atoms with van der Waals surface area (Å²) < 4.78 is 5.32. The van der Waals surface area contributed by atoms with E-state index in [1.54, 1.807) is 38.1 Å². The molecule has 5 rings (SSSR count). The van der Waals surface area contributed by atoms with Crippen LogP contribution in [0, 0.1) is 5.41 Å². The highest BCUT2D eigenvalue weighted by atomic mass is 35.5. The predicted molar refractivity (Wildman–Crippen MR) is 137 cm³/mol. The van der Waals surface area contributed by atoms with Crippen LogP contribution in [-0.2, 0) is 19.6 Å². The lowest BCUT2D eigenvalue weighted by atomic mass is 10.1. The Labute approximate surface area is 216 Å². The zero-order chi connectivity index (χ0) is 24.5. The maximum atomic E-state index is 10.9. The molecular weight excluding hydrogens is 507 g/mol. The molecule has 2 aromatic heterocycles. The summed E-state index contributed by atoms with van der Waals surface area (Å²) in [6, 6.07) is 20.5. The topological polar surface area (TPSA) is 84.7 Å². The van der Waals surface area contributed by atoms with Gasteiger partial charge in [-0.15, -0.1) is 5.10 Å². The van der Waals surface area contributed by atoms with Crippen LogP contribution in [0.15, 0.2) is 72.9 Å². The Morgan fingerprint density at radius 2 is 1.66 bits per heavy atom. The van der Waals surface area contributed by atoms with Crippen LogP contribution in [0.1, 0.15) is 22.9 Å². The quantitative estimate of drug-likeness (QED) is 0.301. The number of fused-ring (bicyclic) bond motifs is 1. The molecule has 10 heteroatoms. The fourth-order valence-electron chi connectivity index (χ4n) is 4.08. The summed E-state index contributed by atoms with van der Waals surface area (Å²) in [5.41, 5.74) is 4.20. The second kappa shape index (κ2) is 9.87. The number of aliphatic hydroxyl groups is 1. The third-order valence-corrected chi connectivity index (χ3v) is 6.78. The summed E-state index contributed by atoms with van der Waals surface area (Å²) in [6.07, 6.45) is 0.984. The van der Waals surface area contributed by atoms with Crippen molar-refractivity contribution in [1.82, 2.24) is 24.1 Å². The zero-order valence-electron chi connectivity index (χ0n) is 18.4. The normalized spacial score (nSPS) is 12.3. The highest BCUT2D eigenvalue weighted by molar-refractivity contribution is 6.42. The minimum absolute atomic E-state index is 0.155. The van der Waals surface area contributed by atoms with Gasteiger partial charge in [-0.3, -0.25) is 5.41 Å². The predicted octanol–water partition coefficient (Wildman–Crippen LogP) is 5.30. The molecule has 0 fully saturated rings. The first-order valence-corrected chi connectivity index (χ1v) is 12.0. The molecule has 3 aromatic carbocycles. The number of rotatable bonds is 7. The van der Waals surface area contributed by atoms with Crippen LogP contribution < -0.4 is 5.62 Å². The fourth-order valence-corrected chi connectivity index (χ4v) is 4.55. The molecule has 0 saturated heterocycles. The van der Waals surface area contributed by atoms with Crippen molar-refractivity contribution < 1.29 is 5.11 Å². The van der Waals surface area contributed by atoms with E-state index in [1.807, 2.05) is 48.7 Å². The zero-order valence-corrected chi connectivity index (χ0v) is 20.7. The molecule has 178 valence electrons. The number of halogens is 3. The summed E-state index contributed by atoms with van der Waals surface area (Å²) in [5, 5.41) is 29.7. The smallest absolute Gasteiger partial charge is 0.203 e. The molecule has 0 aliphatic rings. The van der Waals surface area contributed by atoms with Crippen molar-refractivity contribution in [2.75, 3.05) is 0 Å². The van der Waals surface area contributed by atoms with E-state index in [0.29, 0.717) is 39.4 Å². The van der Waals surface area contributed by atoms with Gasteiger partial charge in [0.05, 0.1) is 53.0 Å². The lowest BCUT2D eigenvalue weighted by Gasteiger charge is -2.13. The van der Waals surface area contributed by atoms with E-state index in [4.69, 9.17) is 40.2 Å². The van der Waals surface area contributed by atoms with Crippen LogP contribution in [0.5, 0.6) is 0 Å². The Hall–Kier alpha value is -3.10. The van der Waals surface area contributed by atoms with Crippen molar-refractivity contribution in [3.63, 3.8) is 0 Å². The molecule has 35 heavy (non-hydrogen) atoms. The molecule has 2 N–H and O–H groups in total. The molecule has 0 aliphatic heterocycles. The summed E-state index contributed by atoms with van der Waals surface area (Å²) in [5.74, 6) is 0. The Morgan fingerprint density at radius 3 is 2.43 bits per heavy atom. The molecule has 0 spiro atoms. The van der Waals surface area contributed by atoms with Crippen LogP contribution in [0.2, 0.25) is 15.1 Å². The van der Waals surface area contributed by atoms with Gasteiger partial charge in [-0.2, -0.15) is 0 Å². The maximum Gasteiger partial charge on any atom is 0.203 e. The molecular formula is C25H21Cl3N6O. The largest absolute Gasteiger partial charge is 0.387 e. The van der Waals surface area contributed by atoms with Gasteiger partial charge in [0.25, 0.3) is 0 Å². The van der Waals surface area contributed by atoms with Gasteiger partial charge in [-0.05, 0) is 41.5 Å². The Balaban J connectivity index is 1.46. The number of benzene rings is 3. The first-order valence-electron chi connectivity index (χ1n) is 10.9. The number of imidazole rings is 1. The van der Waals surface area contributed by atoms with E-state index in [-0.39, 0.29) is 12.2 Å². The van der Waals surface area contributed by atoms with Crippen molar-refractivity contribution in [2.24, 2.45) is 0 Å². The van der Waals surface area contributed by atoms with E-state index in [2.05, 4.69) is 10.3 Å². The lowest BCUT2D eigenvalue weighted by molar-refractivity contribution is 0.155. The van der Waals surface area contributed by atoms with Crippen LogP contribution in [-0.4, -0.2) is 29.2 Å². The van der Waals surface area contributed by atoms with Gasteiger partial charge in [0.1, 0.15) is 5.69 Å². The number of nitrogens with zero attached hydrogens (tertiary/aromatic N) is 5. The van der Waals surface area contributed by atoms with Gasteiger partial charge in [-0.1, -0.05) is 76.4 Å². The highest BCUT2D eigenvalue weighted by Crippen LogP contribution is 2.27. The van der Waals surface area contributed by atoms with Crippen molar-refractivity contribution in [2.45, 2.75) is 25.7 Å². The third kappa shape index (κ3) is 4.99. The minimum atomic E-state index is -0.889. The second-order valence-corrected chi connectivity index (χ2v) is 9.49. The number of aliphatic hydroxyl groups excluding tert-OH is 1. The fraction of sp³-hybridized carbons (Fsp3) is 0.160. The van der Waals surface area contributed by atoms with E-state index in [1.165, 1.54) is 0 Å². The summed E-state index contributed by atoms with van der Waals surface area (Å²) >= 11 is 18.4.